The Morgan fingerprint density at radius 3 is 2.75 bits per heavy atom. The largest absolute Gasteiger partial charge is 0.333 e. The highest BCUT2D eigenvalue weighted by atomic mass is 32.1. The summed E-state index contributed by atoms with van der Waals surface area (Å²) in [4.78, 5) is 39.9. The number of fused-ring (bicyclic) bond motifs is 1. The van der Waals surface area contributed by atoms with Crippen LogP contribution in [-0.2, 0) is 13.0 Å². The number of nitrogens with one attached hydrogen (secondary N) is 1. The Balaban J connectivity index is 1.46. The maximum Gasteiger partial charge on any atom is 0.277 e. The van der Waals surface area contributed by atoms with Gasteiger partial charge in [-0.15, -0.1) is 0 Å². The molecule has 1 aliphatic heterocycles. The molecule has 9 heteroatoms. The van der Waals surface area contributed by atoms with Crippen LogP contribution in [0.25, 0.3) is 0 Å². The Hall–Kier alpha value is -3.64. The van der Waals surface area contributed by atoms with Gasteiger partial charge in [0.1, 0.15) is 5.69 Å². The SMILES string of the molecule is N#Cc1ccc(C(=O)N2CCc3nc(NC(=O)c4cnccn4)sc3C2)cc1. The van der Waals surface area contributed by atoms with Gasteiger partial charge in [-0.2, -0.15) is 5.26 Å². The van der Waals surface area contributed by atoms with Gasteiger partial charge in [-0.05, 0) is 24.3 Å². The summed E-state index contributed by atoms with van der Waals surface area (Å²) in [5, 5.41) is 12.1. The van der Waals surface area contributed by atoms with Crippen molar-refractivity contribution >= 4 is 28.3 Å². The summed E-state index contributed by atoms with van der Waals surface area (Å²) in [6, 6.07) is 8.63. The van der Waals surface area contributed by atoms with Gasteiger partial charge in [0.15, 0.2) is 5.13 Å². The number of hydrogen-bond acceptors (Lipinski definition) is 7. The Kier molecular flexibility index (Phi) is 4.78. The molecule has 0 radical (unpaired) electrons. The molecule has 0 bridgehead atoms. The van der Waals surface area contributed by atoms with E-state index in [9.17, 15) is 9.59 Å². The second-order valence-electron chi connectivity index (χ2n) is 6.10. The number of amides is 2. The minimum absolute atomic E-state index is 0.0892. The maximum atomic E-state index is 12.7. The number of carbonyl (C=O) groups excluding carboxylic acids is 2. The van der Waals surface area contributed by atoms with Crippen molar-refractivity contribution < 1.29 is 9.59 Å². The molecular weight excluding hydrogens is 376 g/mol. The monoisotopic (exact) mass is 390 g/mol. The number of rotatable bonds is 3. The molecule has 1 N–H and O–H groups in total. The molecule has 2 aromatic heterocycles. The first-order valence-electron chi connectivity index (χ1n) is 8.49. The lowest BCUT2D eigenvalue weighted by Gasteiger charge is -2.26. The standard InChI is InChI=1S/C19H14N6O2S/c20-9-12-1-3-13(4-2-12)18(27)25-8-5-14-16(11-25)28-19(23-14)24-17(26)15-10-21-6-7-22-15/h1-4,6-7,10H,5,8,11H2,(H,23,24,26). The number of benzene rings is 1. The zero-order valence-electron chi connectivity index (χ0n) is 14.6. The van der Waals surface area contributed by atoms with E-state index in [1.807, 2.05) is 6.07 Å². The fraction of sp³-hybridized carbons (Fsp3) is 0.158. The number of nitriles is 1. The van der Waals surface area contributed by atoms with Crippen LogP contribution >= 0.6 is 11.3 Å². The fourth-order valence-corrected chi connectivity index (χ4v) is 3.89. The van der Waals surface area contributed by atoms with Crippen LogP contribution in [-0.4, -0.2) is 38.2 Å². The zero-order valence-corrected chi connectivity index (χ0v) is 15.4. The van der Waals surface area contributed by atoms with Crippen molar-refractivity contribution in [1.82, 2.24) is 19.9 Å². The molecule has 138 valence electrons. The lowest BCUT2D eigenvalue weighted by Crippen LogP contribution is -2.35. The second-order valence-corrected chi connectivity index (χ2v) is 7.18. The van der Waals surface area contributed by atoms with E-state index in [0.717, 1.165) is 10.6 Å². The molecule has 0 atom stereocenters. The number of hydrogen-bond donors (Lipinski definition) is 1. The molecule has 28 heavy (non-hydrogen) atoms. The first-order valence-corrected chi connectivity index (χ1v) is 9.31. The Morgan fingerprint density at radius 1 is 1.21 bits per heavy atom. The van der Waals surface area contributed by atoms with E-state index >= 15 is 0 Å². The van der Waals surface area contributed by atoms with E-state index in [1.165, 1.54) is 29.9 Å². The van der Waals surface area contributed by atoms with Crippen LogP contribution in [0.2, 0.25) is 0 Å². The van der Waals surface area contributed by atoms with Crippen molar-refractivity contribution in [3.05, 3.63) is 70.2 Å². The molecule has 3 aromatic rings. The molecule has 0 saturated carbocycles. The van der Waals surface area contributed by atoms with Crippen LogP contribution in [0.15, 0.2) is 42.9 Å². The third kappa shape index (κ3) is 3.58. The normalized spacial score (nSPS) is 12.8. The van der Waals surface area contributed by atoms with Crippen LogP contribution in [0.4, 0.5) is 5.13 Å². The summed E-state index contributed by atoms with van der Waals surface area (Å²) in [5.74, 6) is -0.460. The van der Waals surface area contributed by atoms with E-state index in [2.05, 4.69) is 20.3 Å². The van der Waals surface area contributed by atoms with Crippen molar-refractivity contribution in [2.45, 2.75) is 13.0 Å². The molecule has 0 unspecified atom stereocenters. The van der Waals surface area contributed by atoms with Gasteiger partial charge in [0.2, 0.25) is 0 Å². The van der Waals surface area contributed by atoms with Crippen LogP contribution in [0.5, 0.6) is 0 Å². The zero-order chi connectivity index (χ0) is 19.5. The van der Waals surface area contributed by atoms with Crippen LogP contribution in [0, 0.1) is 11.3 Å². The first-order chi connectivity index (χ1) is 13.6. The van der Waals surface area contributed by atoms with Gasteiger partial charge >= 0.3 is 0 Å². The summed E-state index contributed by atoms with van der Waals surface area (Å²) < 4.78 is 0. The molecule has 2 amide bonds. The third-order valence-corrected chi connectivity index (χ3v) is 5.29. The average molecular weight is 390 g/mol. The van der Waals surface area contributed by atoms with Gasteiger partial charge < -0.3 is 4.90 Å². The van der Waals surface area contributed by atoms with Gasteiger partial charge in [0.25, 0.3) is 11.8 Å². The molecule has 8 nitrogen and oxygen atoms in total. The lowest BCUT2D eigenvalue weighted by atomic mass is 10.1. The number of thiazole rings is 1. The smallest absolute Gasteiger partial charge is 0.277 e. The second kappa shape index (κ2) is 7.54. The number of aromatic nitrogens is 3. The summed E-state index contributed by atoms with van der Waals surface area (Å²) in [6.07, 6.45) is 4.96. The number of anilines is 1. The van der Waals surface area contributed by atoms with E-state index in [-0.39, 0.29) is 17.5 Å². The minimum Gasteiger partial charge on any atom is -0.333 e. The minimum atomic E-state index is -0.371. The van der Waals surface area contributed by atoms with Crippen LogP contribution in [0.1, 0.15) is 37.0 Å². The Bertz CT molecular complexity index is 1070. The van der Waals surface area contributed by atoms with Gasteiger partial charge in [-0.3, -0.25) is 19.9 Å². The Labute approximate surface area is 164 Å². The molecule has 0 fully saturated rings. The highest BCUT2D eigenvalue weighted by molar-refractivity contribution is 7.15. The summed E-state index contributed by atoms with van der Waals surface area (Å²) in [6.45, 7) is 0.986. The lowest BCUT2D eigenvalue weighted by molar-refractivity contribution is 0.0736. The van der Waals surface area contributed by atoms with E-state index in [1.54, 1.807) is 29.2 Å². The summed E-state index contributed by atoms with van der Waals surface area (Å²) >= 11 is 1.35. The molecular formula is C19H14N6O2S. The van der Waals surface area contributed by atoms with Crippen molar-refractivity contribution in [3.8, 4) is 6.07 Å². The van der Waals surface area contributed by atoms with Crippen molar-refractivity contribution in [2.75, 3.05) is 11.9 Å². The summed E-state index contributed by atoms with van der Waals surface area (Å²) in [7, 11) is 0. The quantitative estimate of drug-likeness (QED) is 0.734. The molecule has 1 aromatic carbocycles. The summed E-state index contributed by atoms with van der Waals surface area (Å²) in [5.41, 5.74) is 2.17. The topological polar surface area (TPSA) is 112 Å². The predicted octanol–water partition coefficient (Wildman–Crippen LogP) is 2.26. The molecule has 0 aliphatic carbocycles. The fourth-order valence-electron chi connectivity index (χ4n) is 2.87. The van der Waals surface area contributed by atoms with E-state index < -0.39 is 0 Å². The van der Waals surface area contributed by atoms with Crippen LogP contribution in [0.3, 0.4) is 0 Å². The third-order valence-electron chi connectivity index (χ3n) is 4.30. The number of carbonyl (C=O) groups is 2. The molecule has 0 saturated heterocycles. The average Bonchev–Trinajstić information content (AvgIpc) is 3.15. The highest BCUT2D eigenvalue weighted by Gasteiger charge is 2.25. The van der Waals surface area contributed by atoms with Crippen molar-refractivity contribution in [2.24, 2.45) is 0 Å². The van der Waals surface area contributed by atoms with Crippen molar-refractivity contribution in [3.63, 3.8) is 0 Å². The maximum absolute atomic E-state index is 12.7. The molecule has 4 rings (SSSR count). The molecule has 3 heterocycles. The van der Waals surface area contributed by atoms with Gasteiger partial charge in [-0.25, -0.2) is 9.97 Å². The van der Waals surface area contributed by atoms with Gasteiger partial charge in [0, 0.05) is 35.8 Å². The van der Waals surface area contributed by atoms with Gasteiger partial charge in [-0.1, -0.05) is 11.3 Å². The van der Waals surface area contributed by atoms with Gasteiger partial charge in [0.05, 0.1) is 30.1 Å². The predicted molar refractivity (Wildman–Crippen MR) is 102 cm³/mol. The van der Waals surface area contributed by atoms with Crippen molar-refractivity contribution in [1.29, 1.82) is 5.26 Å². The molecule has 1 aliphatic rings. The van der Waals surface area contributed by atoms with E-state index in [4.69, 9.17) is 5.26 Å². The Morgan fingerprint density at radius 2 is 2.04 bits per heavy atom. The first kappa shape index (κ1) is 17.8. The highest BCUT2D eigenvalue weighted by Crippen LogP contribution is 2.29. The van der Waals surface area contributed by atoms with E-state index in [0.29, 0.717) is 35.8 Å². The molecule has 0 spiro atoms. The number of nitrogens with zero attached hydrogens (tertiary/aromatic N) is 5. The van der Waals surface area contributed by atoms with Crippen LogP contribution < -0.4 is 5.32 Å².